The molecule has 3 N–H and O–H groups in total. The fraction of sp³-hybridized carbons (Fsp3) is 0.273. The van der Waals surface area contributed by atoms with Crippen LogP contribution in [0, 0.1) is 17.5 Å². The zero-order chi connectivity index (χ0) is 14.1. The summed E-state index contributed by atoms with van der Waals surface area (Å²) in [6, 6.07) is 1.51. The van der Waals surface area contributed by atoms with Crippen molar-refractivity contribution in [2.45, 2.75) is 19.4 Å². The molecule has 1 aromatic rings. The van der Waals surface area contributed by atoms with Crippen LogP contribution in [-0.2, 0) is 0 Å². The molecule has 0 unspecified atom stereocenters. The minimum Gasteiger partial charge on any atom is -0.391 e. The number of thiocarbonyl (C=S) groups is 1. The second-order valence-corrected chi connectivity index (χ2v) is 4.61. The third-order valence-electron chi connectivity index (χ3n) is 2.32. The average Bonchev–Trinajstić information content (AvgIpc) is 2.25. The highest BCUT2D eigenvalue weighted by Gasteiger charge is 2.27. The van der Waals surface area contributed by atoms with E-state index in [9.17, 15) is 18.0 Å². The Morgan fingerprint density at radius 3 is 2.33 bits per heavy atom. The van der Waals surface area contributed by atoms with Crippen molar-refractivity contribution in [1.29, 1.82) is 0 Å². The van der Waals surface area contributed by atoms with Gasteiger partial charge in [-0.25, -0.2) is 13.2 Å². The summed E-state index contributed by atoms with van der Waals surface area (Å²) in [6.07, 6.45) is 0. The first-order chi connectivity index (χ1) is 8.16. The summed E-state index contributed by atoms with van der Waals surface area (Å²) >= 11 is 4.71. The van der Waals surface area contributed by atoms with Gasteiger partial charge in [0, 0.05) is 0 Å². The van der Waals surface area contributed by atoms with E-state index < -0.39 is 34.5 Å². The summed E-state index contributed by atoms with van der Waals surface area (Å²) < 4.78 is 39.0. The van der Waals surface area contributed by atoms with Gasteiger partial charge in [-0.1, -0.05) is 12.2 Å². The van der Waals surface area contributed by atoms with E-state index in [1.807, 2.05) is 0 Å². The fourth-order valence-electron chi connectivity index (χ4n) is 1.11. The van der Waals surface area contributed by atoms with Crippen LogP contribution in [0.4, 0.5) is 13.2 Å². The largest absolute Gasteiger partial charge is 0.391 e. The Morgan fingerprint density at radius 1 is 1.28 bits per heavy atom. The van der Waals surface area contributed by atoms with Crippen molar-refractivity contribution >= 4 is 23.1 Å². The number of nitrogens with two attached hydrogens (primary N) is 1. The quantitative estimate of drug-likeness (QED) is 0.655. The summed E-state index contributed by atoms with van der Waals surface area (Å²) in [4.78, 5) is 11.7. The molecule has 0 aliphatic heterocycles. The van der Waals surface area contributed by atoms with E-state index in [-0.39, 0.29) is 4.99 Å². The SMILES string of the molecule is CC(C)(NC(=O)c1ccc(F)c(F)c1F)C(N)=S. The van der Waals surface area contributed by atoms with Crippen molar-refractivity contribution in [3.8, 4) is 0 Å². The van der Waals surface area contributed by atoms with Crippen LogP contribution in [0.5, 0.6) is 0 Å². The lowest BCUT2D eigenvalue weighted by atomic mass is 10.0. The van der Waals surface area contributed by atoms with Crippen molar-refractivity contribution in [2.75, 3.05) is 0 Å². The first-order valence-electron chi connectivity index (χ1n) is 4.92. The highest BCUT2D eigenvalue weighted by Crippen LogP contribution is 2.16. The van der Waals surface area contributed by atoms with Gasteiger partial charge in [0.15, 0.2) is 17.5 Å². The molecule has 0 atom stereocenters. The van der Waals surface area contributed by atoms with Gasteiger partial charge in [-0.3, -0.25) is 4.79 Å². The molecular formula is C11H11F3N2OS. The van der Waals surface area contributed by atoms with Gasteiger partial charge in [0.25, 0.3) is 5.91 Å². The predicted octanol–water partition coefficient (Wildman–Crippen LogP) is 1.90. The molecule has 0 fully saturated rings. The maximum atomic E-state index is 13.3. The normalized spacial score (nSPS) is 11.2. The fourth-order valence-corrected chi connectivity index (χ4v) is 1.17. The minimum absolute atomic E-state index is 0.0150. The lowest BCUT2D eigenvalue weighted by Gasteiger charge is -2.24. The number of hydrogen-bond acceptors (Lipinski definition) is 2. The van der Waals surface area contributed by atoms with Crippen LogP contribution in [0.25, 0.3) is 0 Å². The third kappa shape index (κ3) is 2.79. The van der Waals surface area contributed by atoms with E-state index in [1.165, 1.54) is 13.8 Å². The van der Waals surface area contributed by atoms with Crippen LogP contribution >= 0.6 is 12.2 Å². The molecule has 18 heavy (non-hydrogen) atoms. The van der Waals surface area contributed by atoms with E-state index in [4.69, 9.17) is 18.0 Å². The molecule has 0 aliphatic rings. The van der Waals surface area contributed by atoms with Crippen LogP contribution in [0.2, 0.25) is 0 Å². The van der Waals surface area contributed by atoms with E-state index in [0.29, 0.717) is 6.07 Å². The Bertz CT molecular complexity index is 517. The van der Waals surface area contributed by atoms with Crippen LogP contribution in [-0.4, -0.2) is 16.4 Å². The molecule has 0 bridgehead atoms. The molecule has 0 saturated heterocycles. The minimum atomic E-state index is -1.70. The summed E-state index contributed by atoms with van der Waals surface area (Å²) in [7, 11) is 0. The van der Waals surface area contributed by atoms with Crippen molar-refractivity contribution < 1.29 is 18.0 Å². The Labute approximate surface area is 107 Å². The molecule has 0 saturated carbocycles. The number of carbonyl (C=O) groups excluding carboxylic acids is 1. The molecule has 0 heterocycles. The first-order valence-corrected chi connectivity index (χ1v) is 5.33. The van der Waals surface area contributed by atoms with Crippen LogP contribution in [0.3, 0.4) is 0 Å². The summed E-state index contributed by atoms with van der Waals surface area (Å²) in [5, 5.41) is 2.33. The summed E-state index contributed by atoms with van der Waals surface area (Å²) in [6.45, 7) is 3.01. The van der Waals surface area contributed by atoms with E-state index in [2.05, 4.69) is 5.32 Å². The maximum absolute atomic E-state index is 13.3. The monoisotopic (exact) mass is 276 g/mol. The van der Waals surface area contributed by atoms with E-state index in [1.54, 1.807) is 0 Å². The molecule has 98 valence electrons. The molecule has 1 amide bonds. The summed E-state index contributed by atoms with van der Waals surface area (Å²) in [5.41, 5.74) is 3.70. The molecule has 0 aliphatic carbocycles. The zero-order valence-corrected chi connectivity index (χ0v) is 10.5. The molecule has 0 spiro atoms. The van der Waals surface area contributed by atoms with Crippen LogP contribution in [0.15, 0.2) is 12.1 Å². The lowest BCUT2D eigenvalue weighted by Crippen LogP contribution is -2.52. The van der Waals surface area contributed by atoms with Crippen LogP contribution in [0.1, 0.15) is 24.2 Å². The Morgan fingerprint density at radius 2 is 1.83 bits per heavy atom. The second-order valence-electron chi connectivity index (χ2n) is 4.17. The molecule has 3 nitrogen and oxygen atoms in total. The first kappa shape index (κ1) is 14.4. The van der Waals surface area contributed by atoms with Gasteiger partial charge >= 0.3 is 0 Å². The number of amides is 1. The molecule has 7 heteroatoms. The van der Waals surface area contributed by atoms with Gasteiger partial charge in [0.1, 0.15) is 0 Å². The Hall–Kier alpha value is -1.63. The molecular weight excluding hydrogens is 265 g/mol. The third-order valence-corrected chi connectivity index (χ3v) is 2.83. The van der Waals surface area contributed by atoms with Gasteiger partial charge < -0.3 is 11.1 Å². The number of rotatable bonds is 3. The number of benzene rings is 1. The highest BCUT2D eigenvalue weighted by molar-refractivity contribution is 7.80. The number of carbonyl (C=O) groups is 1. The zero-order valence-electron chi connectivity index (χ0n) is 9.68. The standard InChI is InChI=1S/C11H11F3N2OS/c1-11(2,10(15)18)16-9(17)5-3-4-6(12)8(14)7(5)13/h3-4H,1-2H3,(H2,15,18)(H,16,17). The lowest BCUT2D eigenvalue weighted by molar-refractivity contribution is 0.0927. The van der Waals surface area contributed by atoms with Crippen molar-refractivity contribution in [3.63, 3.8) is 0 Å². The Kier molecular flexibility index (Phi) is 3.95. The number of halogens is 3. The second kappa shape index (κ2) is 4.93. The predicted molar refractivity (Wildman–Crippen MR) is 64.6 cm³/mol. The Balaban J connectivity index is 3.07. The number of nitrogens with one attached hydrogen (secondary N) is 1. The van der Waals surface area contributed by atoms with Crippen molar-refractivity contribution in [2.24, 2.45) is 5.73 Å². The highest BCUT2D eigenvalue weighted by atomic mass is 32.1. The van der Waals surface area contributed by atoms with Gasteiger partial charge in [-0.05, 0) is 26.0 Å². The molecule has 0 aromatic heterocycles. The van der Waals surface area contributed by atoms with E-state index >= 15 is 0 Å². The van der Waals surface area contributed by atoms with Crippen molar-refractivity contribution in [3.05, 3.63) is 35.1 Å². The smallest absolute Gasteiger partial charge is 0.255 e. The molecule has 1 rings (SSSR count). The van der Waals surface area contributed by atoms with Gasteiger partial charge in [0.2, 0.25) is 0 Å². The summed E-state index contributed by atoms with van der Waals surface area (Å²) in [5.74, 6) is -5.54. The van der Waals surface area contributed by atoms with Crippen LogP contribution < -0.4 is 11.1 Å². The van der Waals surface area contributed by atoms with Gasteiger partial charge in [0.05, 0.1) is 16.1 Å². The topological polar surface area (TPSA) is 55.1 Å². The van der Waals surface area contributed by atoms with Gasteiger partial charge in [-0.2, -0.15) is 0 Å². The molecule has 1 aromatic carbocycles. The number of hydrogen-bond donors (Lipinski definition) is 2. The molecule has 0 radical (unpaired) electrons. The average molecular weight is 276 g/mol. The van der Waals surface area contributed by atoms with E-state index in [0.717, 1.165) is 6.07 Å². The maximum Gasteiger partial charge on any atom is 0.255 e. The van der Waals surface area contributed by atoms with Gasteiger partial charge in [-0.15, -0.1) is 0 Å². The van der Waals surface area contributed by atoms with Crippen molar-refractivity contribution in [1.82, 2.24) is 5.32 Å².